The molecule has 6 nitrogen and oxygen atoms in total. The number of aromatic nitrogens is 1. The van der Waals surface area contributed by atoms with Crippen LogP contribution in [0.25, 0.3) is 0 Å². The Balaban J connectivity index is 1.43. The van der Waals surface area contributed by atoms with Crippen molar-refractivity contribution in [1.29, 1.82) is 0 Å². The zero-order valence-electron chi connectivity index (χ0n) is 14.8. The van der Waals surface area contributed by atoms with E-state index in [1.807, 2.05) is 42.2 Å². The summed E-state index contributed by atoms with van der Waals surface area (Å²) in [7, 11) is 0. The molecule has 1 spiro atoms. The number of nitrogens with two attached hydrogens (primary N) is 1. The lowest BCUT2D eigenvalue weighted by molar-refractivity contribution is -0.0452. The first-order valence-corrected chi connectivity index (χ1v) is 9.74. The second-order valence-corrected chi connectivity index (χ2v) is 8.08. The summed E-state index contributed by atoms with van der Waals surface area (Å²) in [6.45, 7) is 3.72. The van der Waals surface area contributed by atoms with Gasteiger partial charge in [-0.05, 0) is 31.9 Å². The number of nitrogen functional groups attached to an aromatic ring is 1. The molecule has 2 saturated heterocycles. The first-order valence-electron chi connectivity index (χ1n) is 8.92. The number of aryl methyl sites for hydroxylation is 1. The maximum atomic E-state index is 12.9. The third-order valence-corrected chi connectivity index (χ3v) is 6.03. The standard InChI is InChI=1S/C19H23N3O3S/c1-13-16(26-18(20)21-13)17(23)22-9-5-8-19(12-22)10-15(11-24-19)25-14-6-3-2-4-7-14/h2-4,6-7,15H,5,8-12H2,1H3,(H2,20,21)/t15-,19-/m1/s1. The number of benzene rings is 1. The average molecular weight is 373 g/mol. The Morgan fingerprint density at radius 3 is 2.96 bits per heavy atom. The molecule has 0 unspecified atom stereocenters. The highest BCUT2D eigenvalue weighted by Gasteiger charge is 2.45. The van der Waals surface area contributed by atoms with Gasteiger partial charge in [0.15, 0.2) is 5.13 Å². The number of carbonyl (C=O) groups excluding carboxylic acids is 1. The Labute approximate surface area is 156 Å². The fourth-order valence-corrected chi connectivity index (χ4v) is 4.69. The van der Waals surface area contributed by atoms with Crippen LogP contribution in [0.2, 0.25) is 0 Å². The van der Waals surface area contributed by atoms with Gasteiger partial charge >= 0.3 is 0 Å². The normalized spacial score (nSPS) is 25.6. The molecular weight excluding hydrogens is 350 g/mol. The first kappa shape index (κ1) is 17.3. The number of thiazole rings is 1. The van der Waals surface area contributed by atoms with Crippen LogP contribution in [0.4, 0.5) is 5.13 Å². The third kappa shape index (κ3) is 3.41. The topological polar surface area (TPSA) is 77.7 Å². The summed E-state index contributed by atoms with van der Waals surface area (Å²) in [5.41, 5.74) is 6.14. The number of amides is 1. The van der Waals surface area contributed by atoms with Crippen LogP contribution < -0.4 is 10.5 Å². The predicted octanol–water partition coefficient (Wildman–Crippen LogP) is 2.88. The minimum Gasteiger partial charge on any atom is -0.488 e. The van der Waals surface area contributed by atoms with Crippen molar-refractivity contribution in [2.24, 2.45) is 0 Å². The van der Waals surface area contributed by atoms with Crippen molar-refractivity contribution in [2.75, 3.05) is 25.4 Å². The van der Waals surface area contributed by atoms with Crippen LogP contribution in [-0.4, -0.2) is 47.2 Å². The number of para-hydroxylation sites is 1. The van der Waals surface area contributed by atoms with Crippen LogP contribution in [0, 0.1) is 6.92 Å². The molecule has 2 fully saturated rings. The smallest absolute Gasteiger partial charge is 0.266 e. The maximum Gasteiger partial charge on any atom is 0.266 e. The minimum absolute atomic E-state index is 0.00630. The van der Waals surface area contributed by atoms with E-state index in [1.54, 1.807) is 0 Å². The Bertz CT molecular complexity index is 795. The number of hydrogen-bond donors (Lipinski definition) is 1. The number of hydrogen-bond acceptors (Lipinski definition) is 6. The van der Waals surface area contributed by atoms with Crippen LogP contribution in [0.3, 0.4) is 0 Å². The second kappa shape index (κ2) is 6.89. The summed E-state index contributed by atoms with van der Waals surface area (Å²) in [4.78, 5) is 19.6. The lowest BCUT2D eigenvalue weighted by atomic mass is 9.89. The molecule has 1 aromatic heterocycles. The minimum atomic E-state index is -0.308. The van der Waals surface area contributed by atoms with Crippen LogP contribution in [0.1, 0.15) is 34.6 Å². The summed E-state index contributed by atoms with van der Waals surface area (Å²) in [6, 6.07) is 9.81. The molecule has 2 aromatic rings. The van der Waals surface area contributed by atoms with Gasteiger partial charge < -0.3 is 20.1 Å². The van der Waals surface area contributed by atoms with Crippen molar-refractivity contribution in [1.82, 2.24) is 9.88 Å². The zero-order chi connectivity index (χ0) is 18.1. The molecule has 26 heavy (non-hydrogen) atoms. The van der Waals surface area contributed by atoms with Crippen LogP contribution in [-0.2, 0) is 4.74 Å². The fraction of sp³-hybridized carbons (Fsp3) is 0.474. The molecule has 0 saturated carbocycles. The van der Waals surface area contributed by atoms with Crippen molar-refractivity contribution in [3.63, 3.8) is 0 Å². The second-order valence-electron chi connectivity index (χ2n) is 7.05. The van der Waals surface area contributed by atoms with Gasteiger partial charge in [-0.3, -0.25) is 4.79 Å². The maximum absolute atomic E-state index is 12.9. The van der Waals surface area contributed by atoms with Gasteiger partial charge in [0.1, 0.15) is 16.7 Å². The Morgan fingerprint density at radius 1 is 1.42 bits per heavy atom. The Morgan fingerprint density at radius 2 is 2.23 bits per heavy atom. The van der Waals surface area contributed by atoms with Gasteiger partial charge in [-0.15, -0.1) is 0 Å². The molecule has 1 aromatic carbocycles. The molecule has 7 heteroatoms. The van der Waals surface area contributed by atoms with Gasteiger partial charge in [0, 0.05) is 13.0 Å². The van der Waals surface area contributed by atoms with Crippen molar-refractivity contribution in [3.8, 4) is 5.75 Å². The molecule has 138 valence electrons. The van der Waals surface area contributed by atoms with E-state index in [9.17, 15) is 4.79 Å². The first-order chi connectivity index (χ1) is 12.5. The number of piperidine rings is 1. The van der Waals surface area contributed by atoms with E-state index in [1.165, 1.54) is 11.3 Å². The number of anilines is 1. The molecule has 3 heterocycles. The van der Waals surface area contributed by atoms with Gasteiger partial charge in [0.2, 0.25) is 0 Å². The quantitative estimate of drug-likeness (QED) is 0.895. The fourth-order valence-electron chi connectivity index (χ4n) is 3.88. The highest BCUT2D eigenvalue weighted by atomic mass is 32.1. The van der Waals surface area contributed by atoms with E-state index in [0.717, 1.165) is 31.6 Å². The largest absolute Gasteiger partial charge is 0.488 e. The molecule has 4 rings (SSSR count). The average Bonchev–Trinajstić information content (AvgIpc) is 3.17. The summed E-state index contributed by atoms with van der Waals surface area (Å²) in [5, 5.41) is 0.436. The number of rotatable bonds is 3. The van der Waals surface area contributed by atoms with Crippen LogP contribution >= 0.6 is 11.3 Å². The van der Waals surface area contributed by atoms with Crippen molar-refractivity contribution in [3.05, 3.63) is 40.9 Å². The summed E-state index contributed by atoms with van der Waals surface area (Å²) in [6.07, 6.45) is 2.70. The molecular formula is C19H23N3O3S. The van der Waals surface area contributed by atoms with E-state index in [4.69, 9.17) is 15.2 Å². The highest BCUT2D eigenvalue weighted by Crippen LogP contribution is 2.37. The number of ether oxygens (including phenoxy) is 2. The van der Waals surface area contributed by atoms with Gasteiger partial charge in [-0.2, -0.15) is 0 Å². The Hall–Kier alpha value is -2.12. The van der Waals surface area contributed by atoms with E-state index in [2.05, 4.69) is 4.98 Å². The van der Waals surface area contributed by atoms with Crippen molar-refractivity contribution >= 4 is 22.4 Å². The molecule has 0 bridgehead atoms. The molecule has 2 N–H and O–H groups in total. The number of nitrogens with zero attached hydrogens (tertiary/aromatic N) is 2. The highest BCUT2D eigenvalue weighted by molar-refractivity contribution is 7.17. The lowest BCUT2D eigenvalue weighted by Crippen LogP contribution is -2.50. The lowest BCUT2D eigenvalue weighted by Gasteiger charge is -2.39. The zero-order valence-corrected chi connectivity index (χ0v) is 15.6. The van der Waals surface area contributed by atoms with E-state index < -0.39 is 0 Å². The Kier molecular flexibility index (Phi) is 4.58. The number of likely N-dealkylation sites (tertiary alicyclic amines) is 1. The summed E-state index contributed by atoms with van der Waals surface area (Å²) in [5.74, 6) is 0.865. The molecule has 0 radical (unpaired) electrons. The number of carbonyl (C=O) groups is 1. The van der Waals surface area contributed by atoms with Crippen LogP contribution in [0.15, 0.2) is 30.3 Å². The summed E-state index contributed by atoms with van der Waals surface area (Å²) < 4.78 is 12.2. The molecule has 2 atom stereocenters. The van der Waals surface area contributed by atoms with Crippen LogP contribution in [0.5, 0.6) is 5.75 Å². The predicted molar refractivity (Wildman–Crippen MR) is 101 cm³/mol. The third-order valence-electron chi connectivity index (χ3n) is 5.06. The molecule has 2 aliphatic rings. The molecule has 0 aliphatic carbocycles. The van der Waals surface area contributed by atoms with Gasteiger partial charge in [-0.25, -0.2) is 4.98 Å². The van der Waals surface area contributed by atoms with Gasteiger partial charge in [-0.1, -0.05) is 29.5 Å². The van der Waals surface area contributed by atoms with E-state index in [0.29, 0.717) is 28.9 Å². The van der Waals surface area contributed by atoms with Crippen molar-refractivity contribution < 1.29 is 14.3 Å². The monoisotopic (exact) mass is 373 g/mol. The SMILES string of the molecule is Cc1nc(N)sc1C(=O)N1CCC[C@@]2(C[C@@H](Oc3ccccc3)CO2)C1. The summed E-state index contributed by atoms with van der Waals surface area (Å²) >= 11 is 1.26. The van der Waals surface area contributed by atoms with Gasteiger partial charge in [0.05, 0.1) is 24.4 Å². The van der Waals surface area contributed by atoms with E-state index in [-0.39, 0.29) is 17.6 Å². The van der Waals surface area contributed by atoms with Crippen molar-refractivity contribution in [2.45, 2.75) is 37.9 Å². The molecule has 2 aliphatic heterocycles. The van der Waals surface area contributed by atoms with E-state index >= 15 is 0 Å². The molecule has 1 amide bonds. The van der Waals surface area contributed by atoms with Gasteiger partial charge in [0.25, 0.3) is 5.91 Å².